The van der Waals surface area contributed by atoms with Crippen molar-refractivity contribution in [3.8, 4) is 0 Å². The van der Waals surface area contributed by atoms with Crippen LogP contribution in [0, 0.1) is 0 Å². The van der Waals surface area contributed by atoms with Crippen molar-refractivity contribution in [3.63, 3.8) is 0 Å². The number of hydrogen-bond acceptors (Lipinski definition) is 14. The molecule has 3 unspecified atom stereocenters. The lowest BCUT2D eigenvalue weighted by molar-refractivity contribution is -0.0470. The van der Waals surface area contributed by atoms with Crippen LogP contribution in [-0.4, -0.2) is 75.4 Å². The molecule has 6 atom stereocenters. The first-order chi connectivity index (χ1) is 23.9. The number of rotatable bonds is 7. The topological polar surface area (TPSA) is 171 Å². The summed E-state index contributed by atoms with van der Waals surface area (Å²) < 4.78 is 68.9. The number of benzene rings is 1. The maximum Gasteiger partial charge on any atom is 0.509 e. The van der Waals surface area contributed by atoms with Gasteiger partial charge in [0.05, 0.1) is 24.6 Å². The van der Waals surface area contributed by atoms with Crippen LogP contribution in [0.5, 0.6) is 0 Å². The third-order valence-electron chi connectivity index (χ3n) is 6.86. The average molecular weight is 792 g/mol. The van der Waals surface area contributed by atoms with Gasteiger partial charge in [0.15, 0.2) is 18.1 Å². The summed E-state index contributed by atoms with van der Waals surface area (Å²) in [6.07, 6.45) is -6.33. The molecule has 2 aliphatic heterocycles. The van der Waals surface area contributed by atoms with Gasteiger partial charge in [-0.1, -0.05) is 23.7 Å². The lowest BCUT2D eigenvalue weighted by Crippen LogP contribution is -2.45. The van der Waals surface area contributed by atoms with Gasteiger partial charge in [-0.05, 0) is 86.1 Å². The molecule has 2 fully saturated rings. The van der Waals surface area contributed by atoms with Gasteiger partial charge in [-0.15, -0.1) is 11.8 Å². The van der Waals surface area contributed by atoms with E-state index in [0.29, 0.717) is 21.9 Å². The van der Waals surface area contributed by atoms with E-state index in [1.165, 1.54) is 0 Å². The molecule has 0 spiro atoms. The number of anilines is 1. The third-order valence-corrected chi connectivity index (χ3v) is 10.1. The molecule has 2 amide bonds. The van der Waals surface area contributed by atoms with E-state index in [1.54, 1.807) is 86.6 Å². The fourth-order valence-corrected chi connectivity index (χ4v) is 8.02. The largest absolute Gasteiger partial charge is 0.509 e. The second-order valence-electron chi connectivity index (χ2n) is 14.8. The Morgan fingerprint density at radius 1 is 1.02 bits per heavy atom. The van der Waals surface area contributed by atoms with Crippen molar-refractivity contribution in [2.24, 2.45) is 0 Å². The van der Waals surface area contributed by atoms with E-state index in [9.17, 15) is 23.7 Å². The minimum Gasteiger partial charge on any atom is -0.443 e. The molecule has 4 rings (SSSR count). The highest BCUT2D eigenvalue weighted by Gasteiger charge is 2.51. The summed E-state index contributed by atoms with van der Waals surface area (Å²) in [7, 11) is -4.21. The number of halogens is 2. The van der Waals surface area contributed by atoms with Crippen LogP contribution in [0.25, 0.3) is 0 Å². The number of alkyl halides is 1. The number of phosphoric acid groups is 1. The van der Waals surface area contributed by atoms with Crippen molar-refractivity contribution in [2.75, 3.05) is 18.1 Å². The fourth-order valence-electron chi connectivity index (χ4n) is 4.85. The molecule has 0 radical (unpaired) electrons. The second-order valence-corrected chi connectivity index (χ2v) is 18.3. The summed E-state index contributed by atoms with van der Waals surface area (Å²) in [5.74, 6) is -0.441. The molecule has 0 saturated carbocycles. The summed E-state index contributed by atoms with van der Waals surface area (Å²) in [5, 5.41) is -1.99. The Morgan fingerprint density at radius 3 is 2.19 bits per heavy atom. The van der Waals surface area contributed by atoms with Crippen LogP contribution >= 0.6 is 31.2 Å². The van der Waals surface area contributed by atoms with Crippen LogP contribution in [0.2, 0.25) is 5.02 Å². The Bertz CT molecular complexity index is 1720. The molecule has 1 aromatic heterocycles. The van der Waals surface area contributed by atoms with Crippen LogP contribution < -0.4 is 10.6 Å². The normalized spacial score (nSPS) is 25.2. The lowest BCUT2D eigenvalue weighted by Gasteiger charge is -2.30. The number of hydrogen-bond donors (Lipinski definition) is 0. The second kappa shape index (κ2) is 16.0. The van der Waals surface area contributed by atoms with Crippen molar-refractivity contribution in [3.05, 3.63) is 57.6 Å². The van der Waals surface area contributed by atoms with E-state index in [-0.39, 0.29) is 6.61 Å². The molecule has 52 heavy (non-hydrogen) atoms. The SMILES string of the molecule is CC(C)(C)OC(=O)O[C@@H]1C(COP2(=O)OCCC(c3cccc(Cl)c3)O2)S[C@@H](n2ccc(N(C(=O)OC(C)(C)C)C(=O)OC(C)(C)C)nc2=O)[C@H]1F. The number of ether oxygens (including phenoxy) is 4. The number of amides is 2. The van der Waals surface area contributed by atoms with E-state index in [2.05, 4.69) is 4.98 Å². The zero-order chi connectivity index (χ0) is 38.8. The Labute approximate surface area is 310 Å². The summed E-state index contributed by atoms with van der Waals surface area (Å²) >= 11 is 6.94. The number of phosphoric ester groups is 1. The lowest BCUT2D eigenvalue weighted by atomic mass is 10.1. The smallest absolute Gasteiger partial charge is 0.443 e. The van der Waals surface area contributed by atoms with Gasteiger partial charge in [-0.3, -0.25) is 18.1 Å². The van der Waals surface area contributed by atoms with E-state index >= 15 is 4.39 Å². The zero-order valence-electron chi connectivity index (χ0n) is 30.3. The van der Waals surface area contributed by atoms with Gasteiger partial charge in [-0.25, -0.2) is 28.1 Å². The van der Waals surface area contributed by atoms with E-state index in [1.807, 2.05) is 0 Å². The fraction of sp³-hybridized carbons (Fsp3) is 0.606. The van der Waals surface area contributed by atoms with E-state index in [0.717, 1.165) is 28.6 Å². The molecular formula is C33H44ClFN3O12PS. The zero-order valence-corrected chi connectivity index (χ0v) is 32.8. The van der Waals surface area contributed by atoms with Crippen LogP contribution in [-0.2, 0) is 37.1 Å². The predicted molar refractivity (Wildman–Crippen MR) is 189 cm³/mol. The highest BCUT2D eigenvalue weighted by Crippen LogP contribution is 2.58. The first-order valence-corrected chi connectivity index (χ1v) is 19.1. The summed E-state index contributed by atoms with van der Waals surface area (Å²) in [6.45, 7) is 13.8. The molecule has 2 aliphatic rings. The van der Waals surface area contributed by atoms with Gasteiger partial charge >= 0.3 is 31.9 Å². The first-order valence-electron chi connectivity index (χ1n) is 16.3. The van der Waals surface area contributed by atoms with Crippen molar-refractivity contribution >= 4 is 55.3 Å². The van der Waals surface area contributed by atoms with Crippen LogP contribution in [0.15, 0.2) is 41.3 Å². The Kier molecular flexibility index (Phi) is 12.8. The maximum absolute atomic E-state index is 16.3. The number of carbonyl (C=O) groups is 3. The summed E-state index contributed by atoms with van der Waals surface area (Å²) in [5.41, 5.74) is -3.44. The number of thioether (sulfide) groups is 1. The molecule has 2 aromatic rings. The molecule has 0 bridgehead atoms. The molecule has 2 saturated heterocycles. The minimum absolute atomic E-state index is 0.0233. The van der Waals surface area contributed by atoms with Crippen molar-refractivity contribution in [2.45, 2.75) is 115 Å². The van der Waals surface area contributed by atoms with Crippen molar-refractivity contribution in [1.82, 2.24) is 9.55 Å². The molecule has 3 heterocycles. The van der Waals surface area contributed by atoms with Gasteiger partial charge in [0.1, 0.15) is 22.2 Å². The highest BCUT2D eigenvalue weighted by molar-refractivity contribution is 8.00. The third kappa shape index (κ3) is 11.4. The van der Waals surface area contributed by atoms with Gasteiger partial charge in [0, 0.05) is 17.6 Å². The van der Waals surface area contributed by atoms with Crippen LogP contribution in [0.4, 0.5) is 24.6 Å². The average Bonchev–Trinajstić information content (AvgIpc) is 3.27. The van der Waals surface area contributed by atoms with Gasteiger partial charge in [0.2, 0.25) is 0 Å². The van der Waals surface area contributed by atoms with Crippen LogP contribution in [0.1, 0.15) is 85.8 Å². The minimum atomic E-state index is -4.21. The van der Waals surface area contributed by atoms with Crippen molar-refractivity contribution < 1.29 is 55.9 Å². The predicted octanol–water partition coefficient (Wildman–Crippen LogP) is 8.15. The molecule has 0 N–H and O–H groups in total. The van der Waals surface area contributed by atoms with E-state index in [4.69, 9.17) is 44.1 Å². The number of imide groups is 1. The summed E-state index contributed by atoms with van der Waals surface area (Å²) in [4.78, 5) is 56.7. The van der Waals surface area contributed by atoms with Gasteiger partial charge in [-0.2, -0.15) is 9.88 Å². The molecule has 288 valence electrons. The van der Waals surface area contributed by atoms with Crippen LogP contribution in [0.3, 0.4) is 0 Å². The van der Waals surface area contributed by atoms with Gasteiger partial charge < -0.3 is 18.9 Å². The molecule has 19 heteroatoms. The molecule has 1 aromatic carbocycles. The summed E-state index contributed by atoms with van der Waals surface area (Å²) in [6, 6.07) is 7.94. The van der Waals surface area contributed by atoms with E-state index < -0.39 is 90.1 Å². The molecular weight excluding hydrogens is 748 g/mol. The molecule has 15 nitrogen and oxygen atoms in total. The number of carbonyl (C=O) groups excluding carboxylic acids is 3. The highest BCUT2D eigenvalue weighted by atomic mass is 35.5. The Balaban J connectivity index is 1.60. The maximum atomic E-state index is 16.3. The Hall–Kier alpha value is -3.21. The van der Waals surface area contributed by atoms with Crippen molar-refractivity contribution in [1.29, 1.82) is 0 Å². The number of aromatic nitrogens is 2. The standard InChI is InChI=1S/C33H44ClFN3O12PS/c1-31(2,3)47-28(40)38(29(41)48-32(4,5)6)23-13-15-37(27(39)36-23)26-24(35)25(46-30(42)49-33(7,8)9)22(52-26)18-45-51(43)44-16-14-21(50-51)19-11-10-12-20(34)17-19/h10-13,15,17,21-22,24-26H,14,16,18H2,1-9H3/t21?,22?,24-,25+,26+,51?/m0/s1. The monoisotopic (exact) mass is 791 g/mol. The molecule has 0 aliphatic carbocycles. The number of nitrogens with zero attached hydrogens (tertiary/aromatic N) is 3. The van der Waals surface area contributed by atoms with Gasteiger partial charge in [0.25, 0.3) is 0 Å². The first kappa shape index (κ1) is 41.5. The Morgan fingerprint density at radius 2 is 1.63 bits per heavy atom. The quantitative estimate of drug-likeness (QED) is 0.149.